The molecule has 0 radical (unpaired) electrons. The second kappa shape index (κ2) is 12.2. The molecule has 3 atom stereocenters. The Hall–Kier alpha value is -1.27. The molecular weight excluding hydrogens is 288 g/mol. The van der Waals surface area contributed by atoms with Crippen molar-refractivity contribution in [1.82, 2.24) is 0 Å². The third kappa shape index (κ3) is 11.0. The van der Waals surface area contributed by atoms with Crippen LogP contribution in [0.1, 0.15) is 77.6 Å². The number of aliphatic hydroxyl groups is 1. The maximum atomic E-state index is 10.4. The second-order valence-electron chi connectivity index (χ2n) is 6.68. The monoisotopic (exact) mass is 320 g/mol. The van der Waals surface area contributed by atoms with E-state index >= 15 is 0 Å². The van der Waals surface area contributed by atoms with Gasteiger partial charge in [-0.2, -0.15) is 0 Å². The van der Waals surface area contributed by atoms with Crippen LogP contribution >= 0.6 is 0 Å². The molecule has 0 heterocycles. The molecule has 0 saturated heterocycles. The summed E-state index contributed by atoms with van der Waals surface area (Å²) >= 11 is 0. The van der Waals surface area contributed by atoms with E-state index in [1.807, 2.05) is 6.08 Å². The van der Waals surface area contributed by atoms with Gasteiger partial charge in [-0.15, -0.1) is 0 Å². The number of carboxylic acid groups (broad SMARTS) is 1. The Labute approximate surface area is 141 Å². The molecule has 0 aromatic carbocycles. The molecule has 0 spiro atoms. The first-order valence-corrected chi connectivity index (χ1v) is 9.19. The summed E-state index contributed by atoms with van der Waals surface area (Å²) < 4.78 is 0. The standard InChI is InChI=1S/C20H32O3/c1-2-3-6-13-19(21)14-8-5-4-7-11-17-16-18(17)12-9-10-15-20(22)23/h4-5,17-19,21H,2-3,6-7,9-13,15-16H2,1H3,(H,22,23)/t17-,18-,19-/m1/s1. The number of carbonyl (C=O) groups is 1. The Kier molecular flexibility index (Phi) is 10.5. The number of aliphatic hydroxyl groups excluding tert-OH is 1. The van der Waals surface area contributed by atoms with Gasteiger partial charge < -0.3 is 10.2 Å². The van der Waals surface area contributed by atoms with Gasteiger partial charge in [0.05, 0.1) is 0 Å². The summed E-state index contributed by atoms with van der Waals surface area (Å²) in [6, 6.07) is 0. The molecule has 0 unspecified atom stereocenters. The number of hydrogen-bond acceptors (Lipinski definition) is 2. The quantitative estimate of drug-likeness (QED) is 0.410. The van der Waals surface area contributed by atoms with E-state index in [4.69, 9.17) is 5.11 Å². The molecule has 1 aliphatic carbocycles. The van der Waals surface area contributed by atoms with Crippen molar-refractivity contribution in [3.05, 3.63) is 12.2 Å². The van der Waals surface area contributed by atoms with Crippen LogP contribution in [0.5, 0.6) is 0 Å². The highest BCUT2D eigenvalue weighted by Gasteiger charge is 2.34. The minimum Gasteiger partial charge on any atom is -0.481 e. The van der Waals surface area contributed by atoms with Gasteiger partial charge in [0, 0.05) is 6.42 Å². The van der Waals surface area contributed by atoms with E-state index in [1.165, 1.54) is 25.7 Å². The Morgan fingerprint density at radius 1 is 1.22 bits per heavy atom. The molecule has 0 aliphatic heterocycles. The summed E-state index contributed by atoms with van der Waals surface area (Å²) in [6.45, 7) is 2.15. The average molecular weight is 320 g/mol. The van der Waals surface area contributed by atoms with Crippen molar-refractivity contribution in [2.45, 2.75) is 83.7 Å². The lowest BCUT2D eigenvalue weighted by Gasteiger charge is -2.00. The van der Waals surface area contributed by atoms with Gasteiger partial charge in [-0.1, -0.05) is 50.5 Å². The zero-order chi connectivity index (χ0) is 16.9. The van der Waals surface area contributed by atoms with Crippen molar-refractivity contribution < 1.29 is 15.0 Å². The van der Waals surface area contributed by atoms with Gasteiger partial charge in [0.25, 0.3) is 0 Å². The van der Waals surface area contributed by atoms with Gasteiger partial charge in [0.2, 0.25) is 0 Å². The maximum absolute atomic E-state index is 10.4. The Morgan fingerprint density at radius 3 is 2.74 bits per heavy atom. The molecule has 2 N–H and O–H groups in total. The Bertz CT molecular complexity index is 416. The summed E-state index contributed by atoms with van der Waals surface area (Å²) in [5, 5.41) is 18.2. The SMILES string of the molecule is CCCCC[C@@H](O)C#CC=CCC[C@@H]1C[C@H]1CCCCC(=O)O. The minimum absolute atomic E-state index is 0.309. The summed E-state index contributed by atoms with van der Waals surface area (Å²) in [6.07, 6.45) is 14.6. The van der Waals surface area contributed by atoms with Crippen LogP contribution in [0.15, 0.2) is 12.2 Å². The average Bonchev–Trinajstić information content (AvgIpc) is 3.26. The lowest BCUT2D eigenvalue weighted by molar-refractivity contribution is -0.137. The van der Waals surface area contributed by atoms with Crippen molar-refractivity contribution in [3.8, 4) is 11.8 Å². The topological polar surface area (TPSA) is 57.5 Å². The van der Waals surface area contributed by atoms with Crippen LogP contribution in [0.25, 0.3) is 0 Å². The highest BCUT2D eigenvalue weighted by molar-refractivity contribution is 5.66. The number of unbranched alkanes of at least 4 members (excludes halogenated alkanes) is 3. The van der Waals surface area contributed by atoms with Gasteiger partial charge in [0.15, 0.2) is 0 Å². The minimum atomic E-state index is -0.681. The molecule has 1 rings (SSSR count). The fourth-order valence-corrected chi connectivity index (χ4v) is 2.96. The maximum Gasteiger partial charge on any atom is 0.303 e. The van der Waals surface area contributed by atoms with Crippen LogP contribution < -0.4 is 0 Å². The summed E-state index contributed by atoms with van der Waals surface area (Å²) in [5.41, 5.74) is 0. The van der Waals surface area contributed by atoms with Gasteiger partial charge >= 0.3 is 5.97 Å². The number of allylic oxidation sites excluding steroid dienone is 2. The fraction of sp³-hybridized carbons (Fsp3) is 0.750. The Morgan fingerprint density at radius 2 is 2.00 bits per heavy atom. The van der Waals surface area contributed by atoms with Crippen LogP contribution in [0, 0.1) is 23.7 Å². The van der Waals surface area contributed by atoms with Crippen molar-refractivity contribution >= 4 is 5.97 Å². The molecule has 3 heteroatoms. The zero-order valence-electron chi connectivity index (χ0n) is 14.5. The first-order chi connectivity index (χ1) is 11.1. The van der Waals surface area contributed by atoms with Crippen LogP contribution in [-0.2, 0) is 4.79 Å². The number of carboxylic acids is 1. The van der Waals surface area contributed by atoms with E-state index in [2.05, 4.69) is 24.8 Å². The second-order valence-corrected chi connectivity index (χ2v) is 6.68. The predicted molar refractivity (Wildman–Crippen MR) is 94.0 cm³/mol. The highest BCUT2D eigenvalue weighted by Crippen LogP contribution is 2.45. The lowest BCUT2D eigenvalue weighted by atomic mass is 10.1. The molecule has 0 aromatic heterocycles. The zero-order valence-corrected chi connectivity index (χ0v) is 14.5. The first-order valence-electron chi connectivity index (χ1n) is 9.19. The summed E-state index contributed by atoms with van der Waals surface area (Å²) in [4.78, 5) is 10.4. The molecule has 0 aromatic rings. The largest absolute Gasteiger partial charge is 0.481 e. The molecule has 1 aliphatic rings. The first kappa shape index (κ1) is 19.8. The fourth-order valence-electron chi connectivity index (χ4n) is 2.96. The van der Waals surface area contributed by atoms with E-state index in [0.29, 0.717) is 6.42 Å². The normalized spacial score (nSPS) is 21.0. The number of aliphatic carboxylic acids is 1. The molecule has 0 bridgehead atoms. The molecular formula is C20H32O3. The van der Waals surface area contributed by atoms with Crippen molar-refractivity contribution in [1.29, 1.82) is 0 Å². The molecule has 3 nitrogen and oxygen atoms in total. The van der Waals surface area contributed by atoms with Crippen molar-refractivity contribution in [2.24, 2.45) is 11.8 Å². The van der Waals surface area contributed by atoms with E-state index in [0.717, 1.165) is 50.4 Å². The molecule has 23 heavy (non-hydrogen) atoms. The Balaban J connectivity index is 1.98. The summed E-state index contributed by atoms with van der Waals surface area (Å²) in [7, 11) is 0. The van der Waals surface area contributed by atoms with E-state index in [1.54, 1.807) is 0 Å². The summed E-state index contributed by atoms with van der Waals surface area (Å²) in [5.74, 6) is 6.77. The van der Waals surface area contributed by atoms with Crippen molar-refractivity contribution in [2.75, 3.05) is 0 Å². The molecule has 0 amide bonds. The van der Waals surface area contributed by atoms with Gasteiger partial charge in [-0.25, -0.2) is 0 Å². The smallest absolute Gasteiger partial charge is 0.303 e. The van der Waals surface area contributed by atoms with Gasteiger partial charge in [-0.3, -0.25) is 4.79 Å². The van der Waals surface area contributed by atoms with Crippen molar-refractivity contribution in [3.63, 3.8) is 0 Å². The number of rotatable bonds is 12. The van der Waals surface area contributed by atoms with Crippen LogP contribution in [0.2, 0.25) is 0 Å². The van der Waals surface area contributed by atoms with E-state index in [-0.39, 0.29) is 0 Å². The molecule has 130 valence electrons. The highest BCUT2D eigenvalue weighted by atomic mass is 16.4. The van der Waals surface area contributed by atoms with E-state index in [9.17, 15) is 9.90 Å². The van der Waals surface area contributed by atoms with Gasteiger partial charge in [-0.05, 0) is 56.4 Å². The third-order valence-corrected chi connectivity index (χ3v) is 4.52. The molecule has 1 fully saturated rings. The molecule has 1 saturated carbocycles. The predicted octanol–water partition coefficient (Wildman–Crippen LogP) is 4.55. The van der Waals surface area contributed by atoms with Crippen LogP contribution in [0.4, 0.5) is 0 Å². The van der Waals surface area contributed by atoms with Crippen LogP contribution in [0.3, 0.4) is 0 Å². The number of hydrogen-bond donors (Lipinski definition) is 2. The lowest BCUT2D eigenvalue weighted by Crippen LogP contribution is -2.01. The van der Waals surface area contributed by atoms with Gasteiger partial charge in [0.1, 0.15) is 6.10 Å². The van der Waals surface area contributed by atoms with Crippen LogP contribution in [-0.4, -0.2) is 22.3 Å². The van der Waals surface area contributed by atoms with E-state index < -0.39 is 12.1 Å². The third-order valence-electron chi connectivity index (χ3n) is 4.52.